The van der Waals surface area contributed by atoms with Gasteiger partial charge in [-0.05, 0) is 30.7 Å². The monoisotopic (exact) mass is 437 g/mol. The molecule has 2 aromatic rings. The number of hydrogen-bond donors (Lipinski definition) is 1. The first-order valence-corrected chi connectivity index (χ1v) is 10.5. The Hall–Kier alpha value is -3.48. The van der Waals surface area contributed by atoms with Crippen LogP contribution in [0.15, 0.2) is 47.7 Å². The zero-order valence-corrected chi connectivity index (χ0v) is 18.7. The molecule has 2 atom stereocenters. The lowest BCUT2D eigenvalue weighted by molar-refractivity contribution is -0.122. The number of methoxy groups -OCH3 is 4. The van der Waals surface area contributed by atoms with E-state index in [1.165, 1.54) is 0 Å². The molecule has 7 nitrogen and oxygen atoms in total. The normalized spacial score (nSPS) is 20.4. The Morgan fingerprint density at radius 3 is 2.28 bits per heavy atom. The molecule has 1 amide bonds. The van der Waals surface area contributed by atoms with Crippen molar-refractivity contribution in [1.29, 1.82) is 0 Å². The van der Waals surface area contributed by atoms with Gasteiger partial charge in [0.1, 0.15) is 11.5 Å². The fourth-order valence-electron chi connectivity index (χ4n) is 4.79. The highest BCUT2D eigenvalue weighted by atomic mass is 16.5. The number of hydrogen-bond acceptors (Lipinski definition) is 6. The molecule has 0 saturated carbocycles. The summed E-state index contributed by atoms with van der Waals surface area (Å²) < 4.78 is 21.9. The molecule has 0 aromatic heterocycles. The molecular weight excluding hydrogens is 410 g/mol. The zero-order chi connectivity index (χ0) is 22.8. The number of ketones is 1. The van der Waals surface area contributed by atoms with E-state index in [1.54, 1.807) is 34.5 Å². The third-order valence-electron chi connectivity index (χ3n) is 6.22. The van der Waals surface area contributed by atoms with Crippen LogP contribution in [0.1, 0.15) is 42.2 Å². The van der Waals surface area contributed by atoms with Crippen molar-refractivity contribution in [3.8, 4) is 23.0 Å². The molecule has 0 radical (unpaired) electrons. The fourth-order valence-corrected chi connectivity index (χ4v) is 4.79. The van der Waals surface area contributed by atoms with E-state index in [4.69, 9.17) is 18.9 Å². The first-order chi connectivity index (χ1) is 15.5. The molecule has 1 N–H and O–H groups in total. The number of allylic oxidation sites excluding steroid dienone is 2. The number of para-hydroxylation sites is 1. The molecule has 7 heteroatoms. The third-order valence-corrected chi connectivity index (χ3v) is 6.22. The van der Waals surface area contributed by atoms with E-state index in [-0.39, 0.29) is 29.9 Å². The van der Waals surface area contributed by atoms with E-state index in [2.05, 4.69) is 5.32 Å². The zero-order valence-electron chi connectivity index (χ0n) is 18.7. The molecule has 0 spiro atoms. The average molecular weight is 437 g/mol. The number of carbonyl (C=O) groups excluding carboxylic acids is 2. The van der Waals surface area contributed by atoms with E-state index >= 15 is 0 Å². The predicted octanol–water partition coefficient (Wildman–Crippen LogP) is 3.73. The van der Waals surface area contributed by atoms with Crippen molar-refractivity contribution in [2.75, 3.05) is 28.4 Å². The first-order valence-electron chi connectivity index (χ1n) is 10.5. The van der Waals surface area contributed by atoms with Crippen LogP contribution in [0.25, 0.3) is 0 Å². The number of ether oxygens (including phenoxy) is 4. The van der Waals surface area contributed by atoms with Gasteiger partial charge in [0.2, 0.25) is 5.91 Å². The molecule has 1 heterocycles. The molecule has 2 aromatic carbocycles. The molecule has 0 fully saturated rings. The van der Waals surface area contributed by atoms with E-state index in [9.17, 15) is 9.59 Å². The van der Waals surface area contributed by atoms with Gasteiger partial charge in [-0.2, -0.15) is 0 Å². The van der Waals surface area contributed by atoms with Crippen molar-refractivity contribution in [1.82, 2.24) is 5.32 Å². The number of Topliss-reactive ketones (excluding diaryl/α,β-unsaturated/α-hetero) is 1. The summed E-state index contributed by atoms with van der Waals surface area (Å²) in [6, 6.07) is 11.1. The maximum Gasteiger partial charge on any atom is 0.225 e. The minimum atomic E-state index is -0.385. The summed E-state index contributed by atoms with van der Waals surface area (Å²) in [6.07, 6.45) is 1.03. The highest BCUT2D eigenvalue weighted by Gasteiger charge is 2.40. The van der Waals surface area contributed by atoms with E-state index in [1.807, 2.05) is 30.3 Å². The molecule has 1 aliphatic carbocycles. The molecule has 0 bridgehead atoms. The molecule has 168 valence electrons. The summed E-state index contributed by atoms with van der Waals surface area (Å²) in [4.78, 5) is 26.1. The summed E-state index contributed by atoms with van der Waals surface area (Å²) in [6.45, 7) is 0. The number of benzene rings is 2. The number of amides is 1. The van der Waals surface area contributed by atoms with Crippen LogP contribution >= 0.6 is 0 Å². The maximum atomic E-state index is 13.5. The second-order valence-corrected chi connectivity index (χ2v) is 7.92. The SMILES string of the molecule is COc1ccc(OC)c(C2CC(=O)C3=C(C2)NC(=O)CC3c2cccc(OC)c2OC)c1. The Morgan fingerprint density at radius 1 is 0.812 bits per heavy atom. The first kappa shape index (κ1) is 21.7. The summed E-state index contributed by atoms with van der Waals surface area (Å²) >= 11 is 0. The molecule has 2 aliphatic rings. The van der Waals surface area contributed by atoms with Crippen molar-refractivity contribution >= 4 is 11.7 Å². The van der Waals surface area contributed by atoms with Crippen LogP contribution in [0.4, 0.5) is 0 Å². The van der Waals surface area contributed by atoms with Gasteiger partial charge >= 0.3 is 0 Å². The van der Waals surface area contributed by atoms with Gasteiger partial charge in [-0.1, -0.05) is 12.1 Å². The van der Waals surface area contributed by atoms with Gasteiger partial charge in [0.25, 0.3) is 0 Å². The van der Waals surface area contributed by atoms with Crippen molar-refractivity contribution < 1.29 is 28.5 Å². The Kier molecular flexibility index (Phi) is 6.08. The van der Waals surface area contributed by atoms with Crippen LogP contribution in [-0.2, 0) is 9.59 Å². The summed E-state index contributed by atoms with van der Waals surface area (Å²) in [7, 11) is 6.34. The Morgan fingerprint density at radius 2 is 1.59 bits per heavy atom. The lowest BCUT2D eigenvalue weighted by Gasteiger charge is -2.35. The molecule has 4 rings (SSSR count). The van der Waals surface area contributed by atoms with Crippen LogP contribution in [-0.4, -0.2) is 40.1 Å². The molecule has 2 unspecified atom stereocenters. The van der Waals surface area contributed by atoms with Crippen molar-refractivity contribution in [2.24, 2.45) is 0 Å². The summed E-state index contributed by atoms with van der Waals surface area (Å²) in [5, 5.41) is 2.96. The van der Waals surface area contributed by atoms with E-state index in [0.29, 0.717) is 47.1 Å². The van der Waals surface area contributed by atoms with Gasteiger partial charge in [-0.3, -0.25) is 9.59 Å². The van der Waals surface area contributed by atoms with Crippen LogP contribution in [0, 0.1) is 0 Å². The van der Waals surface area contributed by atoms with Gasteiger partial charge < -0.3 is 24.3 Å². The lowest BCUT2D eigenvalue weighted by Crippen LogP contribution is -2.38. The van der Waals surface area contributed by atoms with Gasteiger partial charge in [-0.15, -0.1) is 0 Å². The average Bonchev–Trinajstić information content (AvgIpc) is 2.81. The van der Waals surface area contributed by atoms with Crippen molar-refractivity contribution in [2.45, 2.75) is 31.1 Å². The van der Waals surface area contributed by atoms with Crippen LogP contribution < -0.4 is 24.3 Å². The van der Waals surface area contributed by atoms with Crippen LogP contribution in [0.3, 0.4) is 0 Å². The maximum absolute atomic E-state index is 13.5. The van der Waals surface area contributed by atoms with Gasteiger partial charge in [0.15, 0.2) is 17.3 Å². The molecular formula is C25H27NO6. The standard InChI is InChI=1S/C25H27NO6/c1-29-15-8-9-21(30-2)17(12-15)14-10-19-24(20(27)11-14)18(13-23(28)26-19)16-6-5-7-22(31-3)25(16)32-4/h5-9,12,14,18H,10-11,13H2,1-4H3,(H,26,28). The van der Waals surface area contributed by atoms with Crippen LogP contribution in [0.2, 0.25) is 0 Å². The highest BCUT2D eigenvalue weighted by molar-refractivity contribution is 6.02. The number of nitrogens with one attached hydrogen (secondary N) is 1. The van der Waals surface area contributed by atoms with Crippen molar-refractivity contribution in [3.63, 3.8) is 0 Å². The van der Waals surface area contributed by atoms with E-state index in [0.717, 1.165) is 11.1 Å². The Labute approximate surface area is 187 Å². The van der Waals surface area contributed by atoms with Crippen molar-refractivity contribution in [3.05, 3.63) is 58.8 Å². The van der Waals surface area contributed by atoms with Crippen LogP contribution in [0.5, 0.6) is 23.0 Å². The highest BCUT2D eigenvalue weighted by Crippen LogP contribution is 2.47. The summed E-state index contributed by atoms with van der Waals surface area (Å²) in [5.41, 5.74) is 2.98. The number of rotatable bonds is 6. The topological polar surface area (TPSA) is 83.1 Å². The Bertz CT molecular complexity index is 1090. The van der Waals surface area contributed by atoms with E-state index < -0.39 is 0 Å². The third kappa shape index (κ3) is 3.79. The number of carbonyl (C=O) groups is 2. The molecule has 1 aliphatic heterocycles. The molecule has 32 heavy (non-hydrogen) atoms. The second kappa shape index (κ2) is 8.94. The Balaban J connectivity index is 1.77. The molecule has 0 saturated heterocycles. The quantitative estimate of drug-likeness (QED) is 0.742. The minimum Gasteiger partial charge on any atom is -0.497 e. The predicted molar refractivity (Wildman–Crippen MR) is 119 cm³/mol. The fraction of sp³-hybridized carbons (Fsp3) is 0.360. The summed E-state index contributed by atoms with van der Waals surface area (Å²) in [5.74, 6) is 1.88. The minimum absolute atomic E-state index is 0.0102. The smallest absolute Gasteiger partial charge is 0.225 e. The lowest BCUT2D eigenvalue weighted by atomic mass is 9.73. The largest absolute Gasteiger partial charge is 0.497 e. The van der Waals surface area contributed by atoms with Gasteiger partial charge in [0.05, 0.1) is 28.4 Å². The second-order valence-electron chi connectivity index (χ2n) is 7.92. The van der Waals surface area contributed by atoms with Gasteiger partial charge in [0, 0.05) is 47.1 Å². The van der Waals surface area contributed by atoms with Gasteiger partial charge in [-0.25, -0.2) is 0 Å².